The highest BCUT2D eigenvalue weighted by molar-refractivity contribution is 9.10. The summed E-state index contributed by atoms with van der Waals surface area (Å²) in [6, 6.07) is 11.5. The van der Waals surface area contributed by atoms with E-state index in [0.29, 0.717) is 5.69 Å². The van der Waals surface area contributed by atoms with E-state index < -0.39 is 45.4 Å². The molecule has 0 aromatic heterocycles. The van der Waals surface area contributed by atoms with Gasteiger partial charge in [0, 0.05) is 17.3 Å². The predicted octanol–water partition coefficient (Wildman–Crippen LogP) is 7.30. The van der Waals surface area contributed by atoms with Crippen molar-refractivity contribution >= 4 is 73.9 Å². The molecule has 0 aliphatic heterocycles. The summed E-state index contributed by atoms with van der Waals surface area (Å²) in [5.74, 6) is -5.18. The van der Waals surface area contributed by atoms with Gasteiger partial charge in [0.2, 0.25) is 5.91 Å². The van der Waals surface area contributed by atoms with Gasteiger partial charge in [0.05, 0.1) is 21.0 Å². The molecular formula is C23H13BrCl3F3N2O2. The lowest BCUT2D eigenvalue weighted by Crippen LogP contribution is -2.18. The SMILES string of the molecule is O=C(Nc1ccc(F)cc1)c1cc(NC(=O)[C@H]2[C@H](c3cc(F)c(Br)c(F)c3)C2(Cl)Cl)ccc1Cl. The number of hydrogen-bond acceptors (Lipinski definition) is 2. The van der Waals surface area contributed by atoms with E-state index in [1.54, 1.807) is 0 Å². The molecule has 176 valence electrons. The van der Waals surface area contributed by atoms with Crippen LogP contribution in [-0.2, 0) is 4.79 Å². The number of anilines is 2. The van der Waals surface area contributed by atoms with Crippen LogP contribution in [0.3, 0.4) is 0 Å². The Morgan fingerprint density at radius 2 is 1.47 bits per heavy atom. The van der Waals surface area contributed by atoms with Crippen molar-refractivity contribution in [3.63, 3.8) is 0 Å². The van der Waals surface area contributed by atoms with Gasteiger partial charge in [0.1, 0.15) is 21.8 Å². The molecular weight excluding hydrogens is 580 g/mol. The zero-order valence-electron chi connectivity index (χ0n) is 16.8. The van der Waals surface area contributed by atoms with Gasteiger partial charge in [-0.05, 0) is 76.1 Å². The average molecular weight is 593 g/mol. The van der Waals surface area contributed by atoms with Crippen molar-refractivity contribution in [1.82, 2.24) is 0 Å². The lowest BCUT2D eigenvalue weighted by Gasteiger charge is -2.10. The first kappa shape index (κ1) is 24.9. The molecule has 11 heteroatoms. The second kappa shape index (κ2) is 9.41. The second-order valence-electron chi connectivity index (χ2n) is 7.57. The number of carbonyl (C=O) groups is 2. The molecule has 4 nitrogen and oxygen atoms in total. The van der Waals surface area contributed by atoms with E-state index in [-0.39, 0.29) is 26.3 Å². The minimum absolute atomic E-state index is 0.0520. The van der Waals surface area contributed by atoms with Crippen LogP contribution in [0.5, 0.6) is 0 Å². The summed E-state index contributed by atoms with van der Waals surface area (Å²) in [6.07, 6.45) is 0. The van der Waals surface area contributed by atoms with Crippen LogP contribution in [0.15, 0.2) is 59.1 Å². The van der Waals surface area contributed by atoms with Crippen LogP contribution >= 0.6 is 50.7 Å². The number of halogens is 7. The number of nitrogens with one attached hydrogen (secondary N) is 2. The van der Waals surface area contributed by atoms with Gasteiger partial charge in [-0.15, -0.1) is 23.2 Å². The van der Waals surface area contributed by atoms with Crippen LogP contribution < -0.4 is 10.6 Å². The van der Waals surface area contributed by atoms with Gasteiger partial charge in [-0.25, -0.2) is 13.2 Å². The summed E-state index contributed by atoms with van der Waals surface area (Å²) in [6.45, 7) is 0. The van der Waals surface area contributed by atoms with Crippen molar-refractivity contribution in [2.75, 3.05) is 10.6 Å². The highest BCUT2D eigenvalue weighted by Gasteiger charge is 2.67. The van der Waals surface area contributed by atoms with Crippen LogP contribution in [0.1, 0.15) is 21.8 Å². The van der Waals surface area contributed by atoms with Crippen molar-refractivity contribution < 1.29 is 22.8 Å². The van der Waals surface area contributed by atoms with Crippen molar-refractivity contribution in [3.05, 3.63) is 92.7 Å². The van der Waals surface area contributed by atoms with Gasteiger partial charge >= 0.3 is 0 Å². The number of carbonyl (C=O) groups excluding carboxylic acids is 2. The van der Waals surface area contributed by atoms with Crippen LogP contribution in [0.2, 0.25) is 5.02 Å². The second-order valence-corrected chi connectivity index (χ2v) is 10.2. The van der Waals surface area contributed by atoms with Crippen LogP contribution in [-0.4, -0.2) is 16.1 Å². The third kappa shape index (κ3) is 4.91. The molecule has 0 saturated heterocycles. The summed E-state index contributed by atoms with van der Waals surface area (Å²) in [5.41, 5.74) is 0.761. The van der Waals surface area contributed by atoms with Gasteiger partial charge < -0.3 is 10.6 Å². The minimum atomic E-state index is -1.58. The normalized spacial score (nSPS) is 18.3. The van der Waals surface area contributed by atoms with E-state index in [1.165, 1.54) is 42.5 Å². The number of rotatable bonds is 5. The Bertz CT molecular complexity index is 1280. The quantitative estimate of drug-likeness (QED) is 0.241. The Kier molecular flexibility index (Phi) is 6.88. The largest absolute Gasteiger partial charge is 0.326 e. The first-order chi connectivity index (χ1) is 16.0. The molecule has 0 unspecified atom stereocenters. The van der Waals surface area contributed by atoms with Gasteiger partial charge in [0.25, 0.3) is 5.91 Å². The Morgan fingerprint density at radius 3 is 2.09 bits per heavy atom. The molecule has 0 bridgehead atoms. The predicted molar refractivity (Wildman–Crippen MR) is 129 cm³/mol. The zero-order chi connectivity index (χ0) is 24.8. The Balaban J connectivity index is 1.51. The van der Waals surface area contributed by atoms with Gasteiger partial charge in [-0.1, -0.05) is 11.6 Å². The smallest absolute Gasteiger partial charge is 0.257 e. The molecule has 1 aliphatic rings. The van der Waals surface area contributed by atoms with Crippen molar-refractivity contribution in [2.24, 2.45) is 5.92 Å². The van der Waals surface area contributed by atoms with Crippen LogP contribution in [0, 0.1) is 23.4 Å². The van der Waals surface area contributed by atoms with Crippen molar-refractivity contribution in [1.29, 1.82) is 0 Å². The highest BCUT2D eigenvalue weighted by atomic mass is 79.9. The topological polar surface area (TPSA) is 58.2 Å². The summed E-state index contributed by atoms with van der Waals surface area (Å²) >= 11 is 21.4. The summed E-state index contributed by atoms with van der Waals surface area (Å²) < 4.78 is 39.1. The first-order valence-corrected chi connectivity index (χ1v) is 11.6. The van der Waals surface area contributed by atoms with Crippen LogP contribution in [0.25, 0.3) is 0 Å². The molecule has 0 heterocycles. The van der Waals surface area contributed by atoms with E-state index in [0.717, 1.165) is 12.1 Å². The maximum atomic E-state index is 13.9. The fourth-order valence-electron chi connectivity index (χ4n) is 3.55. The van der Waals surface area contributed by atoms with E-state index in [9.17, 15) is 22.8 Å². The zero-order valence-corrected chi connectivity index (χ0v) is 20.7. The number of alkyl halides is 2. The fourth-order valence-corrected chi connectivity index (χ4v) is 4.81. The van der Waals surface area contributed by atoms with E-state index >= 15 is 0 Å². The molecule has 2 amide bonds. The van der Waals surface area contributed by atoms with Gasteiger partial charge in [0.15, 0.2) is 0 Å². The highest BCUT2D eigenvalue weighted by Crippen LogP contribution is 2.65. The van der Waals surface area contributed by atoms with Crippen LogP contribution in [0.4, 0.5) is 24.5 Å². The maximum absolute atomic E-state index is 13.9. The summed E-state index contributed by atoms with van der Waals surface area (Å²) in [7, 11) is 0. The van der Waals surface area contributed by atoms with Gasteiger partial charge in [-0.3, -0.25) is 9.59 Å². The fraction of sp³-hybridized carbons (Fsp3) is 0.130. The molecule has 4 rings (SSSR count). The van der Waals surface area contributed by atoms with Crippen molar-refractivity contribution in [3.8, 4) is 0 Å². The molecule has 0 spiro atoms. The van der Waals surface area contributed by atoms with E-state index in [1.807, 2.05) is 0 Å². The molecule has 2 atom stereocenters. The minimum Gasteiger partial charge on any atom is -0.326 e. The molecule has 0 radical (unpaired) electrons. The third-order valence-corrected chi connectivity index (χ3v) is 7.31. The number of hydrogen-bond donors (Lipinski definition) is 2. The molecule has 1 aliphatic carbocycles. The Labute approximate surface area is 215 Å². The monoisotopic (exact) mass is 590 g/mol. The number of benzene rings is 3. The first-order valence-electron chi connectivity index (χ1n) is 9.68. The third-order valence-electron chi connectivity index (χ3n) is 5.28. The maximum Gasteiger partial charge on any atom is 0.257 e. The molecule has 3 aromatic carbocycles. The standard InChI is InChI=1S/C23H13BrCl3F3N2O2/c24-20-16(29)7-10(8-17(20)30)18-19(23(18,26)27)22(34)32-13-5-6-15(25)14(9-13)21(33)31-12-3-1-11(28)2-4-12/h1-9,18-19H,(H,31,33)(H,32,34)/t18-,19+/m0/s1. The van der Waals surface area contributed by atoms with E-state index in [4.69, 9.17) is 34.8 Å². The lowest BCUT2D eigenvalue weighted by atomic mass is 10.1. The summed E-state index contributed by atoms with van der Waals surface area (Å²) in [4.78, 5) is 25.5. The number of amides is 2. The molecule has 1 fully saturated rings. The Morgan fingerprint density at radius 1 is 0.882 bits per heavy atom. The average Bonchev–Trinajstić information content (AvgIpc) is 3.36. The molecule has 3 aromatic rings. The molecule has 2 N–H and O–H groups in total. The van der Waals surface area contributed by atoms with Gasteiger partial charge in [-0.2, -0.15) is 0 Å². The molecule has 1 saturated carbocycles. The van der Waals surface area contributed by atoms with Crippen molar-refractivity contribution in [2.45, 2.75) is 10.3 Å². The lowest BCUT2D eigenvalue weighted by molar-refractivity contribution is -0.117. The molecule has 34 heavy (non-hydrogen) atoms. The summed E-state index contributed by atoms with van der Waals surface area (Å²) in [5, 5.41) is 5.30. The Hall–Kier alpha value is -2.26. The van der Waals surface area contributed by atoms with E-state index in [2.05, 4.69) is 26.6 Å².